The molecule has 9 nitrogen and oxygen atoms in total. The number of amides is 1. The Kier molecular flexibility index (Phi) is 9.09. The van der Waals surface area contributed by atoms with Gasteiger partial charge in [0.25, 0.3) is 11.8 Å². The number of pyridine rings is 1. The number of rotatable bonds is 11. The van der Waals surface area contributed by atoms with Gasteiger partial charge in [-0.3, -0.25) is 9.10 Å². The molecule has 1 aliphatic rings. The fourth-order valence-electron chi connectivity index (χ4n) is 4.09. The fraction of sp³-hybridized carbons (Fsp3) is 0.520. The summed E-state index contributed by atoms with van der Waals surface area (Å²) in [5.74, 6) is -3.48. The Morgan fingerprint density at radius 1 is 1.30 bits per heavy atom. The smallest absolute Gasteiger partial charge is 0.266 e. The third-order valence-electron chi connectivity index (χ3n) is 6.55. The first kappa shape index (κ1) is 28.7. The second-order valence-electron chi connectivity index (χ2n) is 9.49. The van der Waals surface area contributed by atoms with E-state index in [1.54, 1.807) is 24.3 Å². The number of carbonyl (C=O) groups excluding carboxylic acids is 1. The number of alkyl halides is 2. The number of aromatic nitrogens is 1. The van der Waals surface area contributed by atoms with Gasteiger partial charge >= 0.3 is 0 Å². The molecule has 0 saturated carbocycles. The van der Waals surface area contributed by atoms with Crippen molar-refractivity contribution in [2.45, 2.75) is 63.3 Å². The van der Waals surface area contributed by atoms with E-state index in [-0.39, 0.29) is 36.2 Å². The van der Waals surface area contributed by atoms with Crippen molar-refractivity contribution in [3.63, 3.8) is 0 Å². The molecule has 0 aliphatic carbocycles. The number of nitrogens with one attached hydrogen (secondary N) is 3. The lowest BCUT2D eigenvalue weighted by Crippen LogP contribution is -2.56. The average Bonchev–Trinajstić information content (AvgIpc) is 3.21. The molecule has 1 aliphatic heterocycles. The highest BCUT2D eigenvalue weighted by molar-refractivity contribution is 7.92. The lowest BCUT2D eigenvalue weighted by Gasteiger charge is -2.31. The lowest BCUT2D eigenvalue weighted by molar-refractivity contribution is -0.0606. The highest BCUT2D eigenvalue weighted by atomic mass is 32.2. The topological polar surface area (TPSA) is 124 Å². The first-order valence-corrected chi connectivity index (χ1v) is 14.0. The van der Waals surface area contributed by atoms with Crippen LogP contribution in [-0.2, 0) is 16.4 Å². The molecule has 2 aromatic rings. The van der Waals surface area contributed by atoms with Gasteiger partial charge in [-0.2, -0.15) is 0 Å². The zero-order chi connectivity index (χ0) is 27.4. The third kappa shape index (κ3) is 7.36. The summed E-state index contributed by atoms with van der Waals surface area (Å²) in [4.78, 5) is 17.7. The van der Waals surface area contributed by atoms with Crippen LogP contribution in [0, 0.1) is 0 Å². The highest BCUT2D eigenvalue weighted by Crippen LogP contribution is 2.31. The van der Waals surface area contributed by atoms with Gasteiger partial charge in [0, 0.05) is 31.6 Å². The third-order valence-corrected chi connectivity index (χ3v) is 7.73. The van der Waals surface area contributed by atoms with E-state index < -0.39 is 46.5 Å². The number of hydrogen-bond acceptors (Lipinski definition) is 7. The van der Waals surface area contributed by atoms with E-state index in [1.165, 1.54) is 19.2 Å². The molecule has 1 amide bonds. The van der Waals surface area contributed by atoms with Crippen molar-refractivity contribution in [1.29, 1.82) is 0 Å². The average molecular weight is 540 g/mol. The maximum Gasteiger partial charge on any atom is 0.266 e. The summed E-state index contributed by atoms with van der Waals surface area (Å²) in [7, 11) is -2.35. The van der Waals surface area contributed by atoms with Crippen LogP contribution in [0.25, 0.3) is 0 Å². The summed E-state index contributed by atoms with van der Waals surface area (Å²) in [5.41, 5.74) is 0.822. The fourth-order valence-corrected chi connectivity index (χ4v) is 4.52. The Morgan fingerprint density at radius 2 is 1.97 bits per heavy atom. The molecule has 2 heterocycles. The summed E-state index contributed by atoms with van der Waals surface area (Å²) in [5, 5.41) is 19.5. The molecular weight excluding hydrogens is 504 g/mol. The second kappa shape index (κ2) is 11.7. The summed E-state index contributed by atoms with van der Waals surface area (Å²) >= 11 is 0. The number of halogens is 2. The highest BCUT2D eigenvalue weighted by Gasteiger charge is 2.49. The summed E-state index contributed by atoms with van der Waals surface area (Å²) in [6.07, 6.45) is -0.106. The van der Waals surface area contributed by atoms with Crippen molar-refractivity contribution in [2.24, 2.45) is 0 Å². The van der Waals surface area contributed by atoms with Gasteiger partial charge in [-0.25, -0.2) is 22.2 Å². The molecule has 0 bridgehead atoms. The van der Waals surface area contributed by atoms with Gasteiger partial charge in [-0.1, -0.05) is 37.3 Å². The molecule has 3 rings (SSSR count). The van der Waals surface area contributed by atoms with Crippen molar-refractivity contribution < 1.29 is 27.1 Å². The zero-order valence-corrected chi connectivity index (χ0v) is 22.2. The molecule has 204 valence electrons. The van der Waals surface area contributed by atoms with E-state index in [9.17, 15) is 27.1 Å². The van der Waals surface area contributed by atoms with Gasteiger partial charge in [0.1, 0.15) is 11.6 Å². The Labute approximate surface area is 216 Å². The zero-order valence-electron chi connectivity index (χ0n) is 21.4. The minimum Gasteiger partial charge on any atom is -0.389 e. The minimum absolute atomic E-state index is 0.00877. The molecule has 4 atom stereocenters. The van der Waals surface area contributed by atoms with Crippen molar-refractivity contribution >= 4 is 27.6 Å². The first-order chi connectivity index (χ1) is 17.3. The van der Waals surface area contributed by atoms with Gasteiger partial charge in [0.2, 0.25) is 10.0 Å². The van der Waals surface area contributed by atoms with Crippen LogP contribution in [0.5, 0.6) is 0 Å². The first-order valence-electron chi connectivity index (χ1n) is 12.2. The van der Waals surface area contributed by atoms with E-state index in [1.807, 2.05) is 19.9 Å². The van der Waals surface area contributed by atoms with E-state index >= 15 is 0 Å². The number of nitrogens with zero attached hydrogens (tertiary/aromatic N) is 2. The summed E-state index contributed by atoms with van der Waals surface area (Å²) in [6.45, 7) is 3.92. The second-order valence-corrected chi connectivity index (χ2v) is 11.5. The van der Waals surface area contributed by atoms with Crippen LogP contribution in [0.15, 0.2) is 42.5 Å². The number of hydrogen-bond donors (Lipinski definition) is 4. The van der Waals surface area contributed by atoms with Crippen LogP contribution in [0.3, 0.4) is 0 Å². The number of sulfonamides is 1. The van der Waals surface area contributed by atoms with Crippen LogP contribution < -0.4 is 20.3 Å². The van der Waals surface area contributed by atoms with E-state index in [4.69, 9.17) is 0 Å². The molecule has 1 fully saturated rings. The Bertz CT molecular complexity index is 1180. The molecule has 1 saturated heterocycles. The van der Waals surface area contributed by atoms with Crippen molar-refractivity contribution in [1.82, 2.24) is 15.6 Å². The molecule has 37 heavy (non-hydrogen) atoms. The standard InChI is InChI=1S/C25H35F2N5O4S/c1-5-16(2)29-20-14-18(15-21(31-20)32(3)37(4,35)36)24(34)30-19(13-17-9-7-6-8-10-17)22(33)23-25(26,27)11-12-28-23/h6-10,14-16,19,22-23,28,33H,5,11-13H2,1-4H3,(H,29,31)(H,30,34)/t16-,19-,22-,23-/m0/s1. The largest absolute Gasteiger partial charge is 0.389 e. The van der Waals surface area contributed by atoms with Crippen LogP contribution in [0.2, 0.25) is 0 Å². The molecular formula is C25H35F2N5O4S. The monoisotopic (exact) mass is 539 g/mol. The van der Waals surface area contributed by atoms with Crippen molar-refractivity contribution in [3.8, 4) is 0 Å². The molecule has 0 spiro atoms. The van der Waals surface area contributed by atoms with Gasteiger partial charge in [0.15, 0.2) is 0 Å². The maximum atomic E-state index is 14.5. The van der Waals surface area contributed by atoms with E-state index in [2.05, 4.69) is 20.9 Å². The van der Waals surface area contributed by atoms with E-state index in [0.717, 1.165) is 22.5 Å². The molecule has 12 heteroatoms. The Morgan fingerprint density at radius 3 is 2.54 bits per heavy atom. The number of carbonyl (C=O) groups is 1. The van der Waals surface area contributed by atoms with E-state index in [0.29, 0.717) is 0 Å². The van der Waals surface area contributed by atoms with Crippen LogP contribution >= 0.6 is 0 Å². The lowest BCUT2D eigenvalue weighted by atomic mass is 9.93. The maximum absolute atomic E-state index is 14.5. The number of benzene rings is 1. The van der Waals surface area contributed by atoms with Gasteiger partial charge in [-0.05, 0) is 37.5 Å². The summed E-state index contributed by atoms with van der Waals surface area (Å²) in [6, 6.07) is 9.14. The quantitative estimate of drug-likeness (QED) is 0.346. The van der Waals surface area contributed by atoms with Crippen LogP contribution in [-0.4, -0.2) is 74.4 Å². The number of aliphatic hydroxyl groups is 1. The van der Waals surface area contributed by atoms with Gasteiger partial charge in [0.05, 0.1) is 24.4 Å². The van der Waals surface area contributed by atoms with Crippen molar-refractivity contribution in [2.75, 3.05) is 29.5 Å². The molecule has 1 aromatic carbocycles. The predicted octanol–water partition coefficient (Wildman–Crippen LogP) is 2.39. The molecule has 1 aromatic heterocycles. The molecule has 0 unspecified atom stereocenters. The molecule has 4 N–H and O–H groups in total. The number of anilines is 2. The van der Waals surface area contributed by atoms with Crippen LogP contribution in [0.4, 0.5) is 20.4 Å². The summed E-state index contributed by atoms with van der Waals surface area (Å²) < 4.78 is 54.2. The molecule has 0 radical (unpaired) electrons. The van der Waals surface area contributed by atoms with Gasteiger partial charge < -0.3 is 21.1 Å². The minimum atomic E-state index is -3.67. The Balaban J connectivity index is 1.95. The van der Waals surface area contributed by atoms with Gasteiger partial charge in [-0.15, -0.1) is 0 Å². The number of aliphatic hydroxyl groups excluding tert-OH is 1. The van der Waals surface area contributed by atoms with Crippen LogP contribution in [0.1, 0.15) is 42.6 Å². The Hall–Kier alpha value is -2.83. The normalized spacial score (nSPS) is 19.6. The predicted molar refractivity (Wildman–Crippen MR) is 140 cm³/mol. The SMILES string of the molecule is CC[C@H](C)Nc1cc(C(=O)N[C@@H](Cc2ccccc2)[C@H](O)[C@@H]2NCCC2(F)F)cc(N(C)S(C)(=O)=O)n1. The van der Waals surface area contributed by atoms with Crippen molar-refractivity contribution in [3.05, 3.63) is 53.6 Å².